The van der Waals surface area contributed by atoms with E-state index in [1.54, 1.807) is 0 Å². The van der Waals surface area contributed by atoms with Gasteiger partial charge in [0.05, 0.1) is 0 Å². The molecule has 0 unspecified atom stereocenters. The Balaban J connectivity index is 2.08. The van der Waals surface area contributed by atoms with Crippen LogP contribution in [0.1, 0.15) is 50.3 Å². The van der Waals surface area contributed by atoms with E-state index in [1.807, 2.05) is 30.3 Å². The molecule has 1 aromatic rings. The van der Waals surface area contributed by atoms with Crippen molar-refractivity contribution in [3.63, 3.8) is 0 Å². The van der Waals surface area contributed by atoms with Crippen molar-refractivity contribution in [1.82, 2.24) is 5.32 Å². The van der Waals surface area contributed by atoms with E-state index >= 15 is 0 Å². The second-order valence-corrected chi connectivity index (χ2v) is 6.06. The van der Waals surface area contributed by atoms with Crippen molar-refractivity contribution in [2.45, 2.75) is 44.8 Å². The molecule has 1 aliphatic heterocycles. The Morgan fingerprint density at radius 2 is 1.86 bits per heavy atom. The van der Waals surface area contributed by atoms with Crippen molar-refractivity contribution in [2.24, 2.45) is 10.2 Å². The van der Waals surface area contributed by atoms with Crippen molar-refractivity contribution in [3.8, 4) is 0 Å². The summed E-state index contributed by atoms with van der Waals surface area (Å²) in [7, 11) is 0. The standard InChI is InChI=1S/C16H21N3OS/c1-3-8-13(9-4-2)18-19-16-17-15(20)14(21-16)12-10-6-5-7-11-12/h5-7,10-11,14H,3-4,8-9H2,1-2H3,(H,17,19,20)/t14-/m0/s1. The number of nitrogens with one attached hydrogen (secondary N) is 1. The summed E-state index contributed by atoms with van der Waals surface area (Å²) in [5, 5.41) is 11.7. The summed E-state index contributed by atoms with van der Waals surface area (Å²) in [5.41, 5.74) is 2.10. The third-order valence-electron chi connectivity index (χ3n) is 3.16. The van der Waals surface area contributed by atoms with Crippen molar-refractivity contribution >= 4 is 28.5 Å². The highest BCUT2D eigenvalue weighted by atomic mass is 32.2. The average molecular weight is 303 g/mol. The van der Waals surface area contributed by atoms with E-state index in [-0.39, 0.29) is 11.2 Å². The molecule has 1 amide bonds. The molecular formula is C16H21N3OS. The van der Waals surface area contributed by atoms with Gasteiger partial charge in [-0.3, -0.25) is 4.79 Å². The largest absolute Gasteiger partial charge is 0.302 e. The van der Waals surface area contributed by atoms with Crippen LogP contribution in [-0.4, -0.2) is 16.8 Å². The number of rotatable bonds is 6. The van der Waals surface area contributed by atoms with E-state index in [1.165, 1.54) is 11.8 Å². The number of hydrogen-bond donors (Lipinski definition) is 1. The number of hydrogen-bond acceptors (Lipinski definition) is 4. The number of amides is 1. The van der Waals surface area contributed by atoms with Crippen molar-refractivity contribution in [2.75, 3.05) is 0 Å². The predicted octanol–water partition coefficient (Wildman–Crippen LogP) is 3.90. The molecule has 21 heavy (non-hydrogen) atoms. The van der Waals surface area contributed by atoms with Crippen LogP contribution in [0.4, 0.5) is 0 Å². The summed E-state index contributed by atoms with van der Waals surface area (Å²) in [6, 6.07) is 9.75. The quantitative estimate of drug-likeness (QED) is 0.640. The van der Waals surface area contributed by atoms with Crippen LogP contribution in [0.2, 0.25) is 0 Å². The molecule has 0 radical (unpaired) electrons. The Morgan fingerprint density at radius 3 is 2.48 bits per heavy atom. The molecule has 0 bridgehead atoms. The summed E-state index contributed by atoms with van der Waals surface area (Å²) in [6.07, 6.45) is 4.06. The zero-order valence-electron chi connectivity index (χ0n) is 12.5. The van der Waals surface area contributed by atoms with E-state index in [0.29, 0.717) is 5.17 Å². The summed E-state index contributed by atoms with van der Waals surface area (Å²) < 4.78 is 0. The first-order valence-electron chi connectivity index (χ1n) is 7.40. The van der Waals surface area contributed by atoms with Crippen LogP contribution in [0.15, 0.2) is 40.5 Å². The topological polar surface area (TPSA) is 53.8 Å². The predicted molar refractivity (Wildman–Crippen MR) is 89.6 cm³/mol. The Kier molecular flexibility index (Phi) is 5.99. The van der Waals surface area contributed by atoms with Crippen LogP contribution in [0, 0.1) is 0 Å². The summed E-state index contributed by atoms with van der Waals surface area (Å²) in [4.78, 5) is 12.0. The molecule has 2 rings (SSSR count). The molecule has 1 atom stereocenters. The first kappa shape index (κ1) is 15.8. The average Bonchev–Trinajstić information content (AvgIpc) is 2.87. The number of carbonyl (C=O) groups excluding carboxylic acids is 1. The van der Waals surface area contributed by atoms with E-state index < -0.39 is 0 Å². The molecule has 0 spiro atoms. The Bertz CT molecular complexity index is 532. The molecule has 0 saturated carbocycles. The molecule has 1 saturated heterocycles. The first-order chi connectivity index (χ1) is 10.2. The number of nitrogens with zero attached hydrogens (tertiary/aromatic N) is 2. The second kappa shape index (κ2) is 7.98. The lowest BCUT2D eigenvalue weighted by Gasteiger charge is -2.03. The van der Waals surface area contributed by atoms with Gasteiger partial charge in [0.25, 0.3) is 0 Å². The van der Waals surface area contributed by atoms with Gasteiger partial charge in [-0.15, -0.1) is 5.10 Å². The molecule has 0 aliphatic carbocycles. The molecule has 1 N–H and O–H groups in total. The van der Waals surface area contributed by atoms with Crippen LogP contribution in [0.3, 0.4) is 0 Å². The highest BCUT2D eigenvalue weighted by molar-refractivity contribution is 8.15. The van der Waals surface area contributed by atoms with Gasteiger partial charge < -0.3 is 5.32 Å². The number of carbonyl (C=O) groups is 1. The van der Waals surface area contributed by atoms with E-state index in [2.05, 4.69) is 29.4 Å². The lowest BCUT2D eigenvalue weighted by atomic mass is 10.1. The molecule has 4 nitrogen and oxygen atoms in total. The van der Waals surface area contributed by atoms with Gasteiger partial charge in [-0.1, -0.05) is 68.8 Å². The second-order valence-electron chi connectivity index (χ2n) is 4.97. The van der Waals surface area contributed by atoms with Gasteiger partial charge in [0.2, 0.25) is 5.91 Å². The van der Waals surface area contributed by atoms with Crippen LogP contribution >= 0.6 is 11.8 Å². The van der Waals surface area contributed by atoms with Gasteiger partial charge in [-0.2, -0.15) is 5.10 Å². The fourth-order valence-corrected chi connectivity index (χ4v) is 3.11. The van der Waals surface area contributed by atoms with Crippen LogP contribution < -0.4 is 5.32 Å². The van der Waals surface area contributed by atoms with Crippen molar-refractivity contribution in [3.05, 3.63) is 35.9 Å². The van der Waals surface area contributed by atoms with Gasteiger partial charge in [0, 0.05) is 5.71 Å². The van der Waals surface area contributed by atoms with Gasteiger partial charge in [0.15, 0.2) is 5.17 Å². The Morgan fingerprint density at radius 1 is 1.19 bits per heavy atom. The van der Waals surface area contributed by atoms with Gasteiger partial charge >= 0.3 is 0 Å². The fourth-order valence-electron chi connectivity index (χ4n) is 2.18. The highest BCUT2D eigenvalue weighted by Gasteiger charge is 2.31. The maximum absolute atomic E-state index is 12.0. The lowest BCUT2D eigenvalue weighted by molar-refractivity contribution is -0.118. The molecule has 1 fully saturated rings. The van der Waals surface area contributed by atoms with E-state index in [4.69, 9.17) is 0 Å². The molecule has 112 valence electrons. The van der Waals surface area contributed by atoms with Crippen LogP contribution in [-0.2, 0) is 4.79 Å². The Labute approximate surface area is 130 Å². The minimum absolute atomic E-state index is 0.0207. The summed E-state index contributed by atoms with van der Waals surface area (Å²) in [5.74, 6) is -0.0207. The highest BCUT2D eigenvalue weighted by Crippen LogP contribution is 2.34. The monoisotopic (exact) mass is 303 g/mol. The zero-order valence-corrected chi connectivity index (χ0v) is 13.3. The van der Waals surface area contributed by atoms with Crippen LogP contribution in [0.25, 0.3) is 0 Å². The first-order valence-corrected chi connectivity index (χ1v) is 8.28. The molecule has 1 aliphatic rings. The molecule has 5 heteroatoms. The maximum atomic E-state index is 12.0. The van der Waals surface area contributed by atoms with Gasteiger partial charge in [-0.25, -0.2) is 0 Å². The van der Waals surface area contributed by atoms with Crippen LogP contribution in [0.5, 0.6) is 0 Å². The molecule has 1 heterocycles. The SMILES string of the molecule is CCCC(CCC)=N/N=C1/NC(=O)[C@H](c2ccccc2)S1. The van der Waals surface area contributed by atoms with E-state index in [0.717, 1.165) is 37.0 Å². The summed E-state index contributed by atoms with van der Waals surface area (Å²) in [6.45, 7) is 4.27. The third-order valence-corrected chi connectivity index (χ3v) is 4.29. The molecule has 1 aromatic carbocycles. The smallest absolute Gasteiger partial charge is 0.244 e. The number of benzene rings is 1. The van der Waals surface area contributed by atoms with Gasteiger partial charge in [0.1, 0.15) is 5.25 Å². The molecule has 0 aromatic heterocycles. The van der Waals surface area contributed by atoms with Crippen molar-refractivity contribution < 1.29 is 4.79 Å². The lowest BCUT2D eigenvalue weighted by Crippen LogP contribution is -2.21. The maximum Gasteiger partial charge on any atom is 0.244 e. The Hall–Kier alpha value is -1.62. The van der Waals surface area contributed by atoms with E-state index in [9.17, 15) is 4.79 Å². The number of amidine groups is 1. The normalized spacial score (nSPS) is 19.6. The minimum atomic E-state index is -0.221. The summed E-state index contributed by atoms with van der Waals surface area (Å²) >= 11 is 1.43. The fraction of sp³-hybridized carbons (Fsp3) is 0.438. The number of thioether (sulfide) groups is 1. The van der Waals surface area contributed by atoms with Gasteiger partial charge in [-0.05, 0) is 18.4 Å². The molecular weight excluding hydrogens is 282 g/mol. The minimum Gasteiger partial charge on any atom is -0.302 e. The van der Waals surface area contributed by atoms with Crippen molar-refractivity contribution in [1.29, 1.82) is 0 Å². The zero-order chi connectivity index (χ0) is 15.1. The third kappa shape index (κ3) is 4.43.